The maximum atomic E-state index is 12.7. The molecule has 0 bridgehead atoms. The van der Waals surface area contributed by atoms with Crippen LogP contribution in [0.2, 0.25) is 0 Å². The summed E-state index contributed by atoms with van der Waals surface area (Å²) in [6.45, 7) is 0.476. The predicted molar refractivity (Wildman–Crippen MR) is 98.6 cm³/mol. The van der Waals surface area contributed by atoms with Crippen LogP contribution in [0, 0.1) is 0 Å². The summed E-state index contributed by atoms with van der Waals surface area (Å²) < 4.78 is 0. The monoisotopic (exact) mass is 346 g/mol. The number of nitrogens with zero attached hydrogens (tertiary/aromatic N) is 3. The summed E-state index contributed by atoms with van der Waals surface area (Å²) in [5, 5.41) is 6.71. The van der Waals surface area contributed by atoms with E-state index in [1.165, 1.54) is 9.80 Å². The first-order chi connectivity index (χ1) is 12.7. The van der Waals surface area contributed by atoms with Crippen molar-refractivity contribution in [1.29, 1.82) is 0 Å². The molecule has 2 aromatic carbocycles. The minimum absolute atomic E-state index is 0.0820. The average molecular weight is 346 g/mol. The Kier molecular flexibility index (Phi) is 4.23. The van der Waals surface area contributed by atoms with Crippen molar-refractivity contribution in [3.05, 3.63) is 72.6 Å². The average Bonchev–Trinajstić information content (AvgIpc) is 3.30. The molecule has 1 N–H and O–H groups in total. The highest BCUT2D eigenvalue weighted by atomic mass is 16.2. The van der Waals surface area contributed by atoms with Gasteiger partial charge in [-0.2, -0.15) is 5.10 Å². The molecule has 2 heterocycles. The van der Waals surface area contributed by atoms with Gasteiger partial charge in [0.25, 0.3) is 5.91 Å². The lowest BCUT2D eigenvalue weighted by molar-refractivity contribution is -0.124. The zero-order valence-corrected chi connectivity index (χ0v) is 14.1. The first kappa shape index (κ1) is 16.1. The molecule has 0 radical (unpaired) electrons. The molecule has 1 aromatic heterocycles. The Hall–Kier alpha value is -3.41. The van der Waals surface area contributed by atoms with E-state index in [0.717, 1.165) is 22.4 Å². The number of anilines is 1. The molecular formula is C20H18N4O2. The van der Waals surface area contributed by atoms with Gasteiger partial charge in [0.15, 0.2) is 0 Å². The largest absolute Gasteiger partial charge is 0.331 e. The van der Waals surface area contributed by atoms with Gasteiger partial charge < -0.3 is 0 Å². The van der Waals surface area contributed by atoms with Crippen molar-refractivity contribution in [3.8, 4) is 11.1 Å². The van der Waals surface area contributed by atoms with Gasteiger partial charge in [-0.05, 0) is 29.7 Å². The second kappa shape index (κ2) is 6.84. The minimum Gasteiger partial charge on any atom is -0.285 e. The number of carbonyl (C=O) groups excluding carboxylic acids is 2. The third-order valence-corrected chi connectivity index (χ3v) is 4.53. The van der Waals surface area contributed by atoms with Crippen LogP contribution in [-0.4, -0.2) is 40.1 Å². The van der Waals surface area contributed by atoms with Crippen LogP contribution in [0.5, 0.6) is 0 Å². The van der Waals surface area contributed by atoms with Gasteiger partial charge in [0.05, 0.1) is 6.20 Å². The van der Waals surface area contributed by atoms with Crippen molar-refractivity contribution < 1.29 is 9.59 Å². The molecule has 130 valence electrons. The summed E-state index contributed by atoms with van der Waals surface area (Å²) in [7, 11) is 0. The molecular weight excluding hydrogens is 328 g/mol. The molecule has 1 aliphatic heterocycles. The summed E-state index contributed by atoms with van der Waals surface area (Å²) in [6, 6.07) is 17.1. The number of rotatable bonds is 5. The Morgan fingerprint density at radius 3 is 2.42 bits per heavy atom. The van der Waals surface area contributed by atoms with E-state index >= 15 is 0 Å². The number of aromatic nitrogens is 2. The Balaban J connectivity index is 1.46. The van der Waals surface area contributed by atoms with Gasteiger partial charge in [-0.1, -0.05) is 42.5 Å². The van der Waals surface area contributed by atoms with Gasteiger partial charge in [0, 0.05) is 24.0 Å². The lowest BCUT2D eigenvalue weighted by Crippen LogP contribution is -2.34. The van der Waals surface area contributed by atoms with Crippen LogP contribution in [0.4, 0.5) is 10.5 Å². The van der Waals surface area contributed by atoms with Gasteiger partial charge in [-0.3, -0.25) is 19.7 Å². The van der Waals surface area contributed by atoms with Crippen LogP contribution in [0.3, 0.4) is 0 Å². The highest BCUT2D eigenvalue weighted by Crippen LogP contribution is 2.25. The molecule has 0 aliphatic carbocycles. The third-order valence-electron chi connectivity index (χ3n) is 4.53. The molecule has 26 heavy (non-hydrogen) atoms. The number of hydrogen-bond donors (Lipinski definition) is 1. The van der Waals surface area contributed by atoms with Crippen molar-refractivity contribution in [3.63, 3.8) is 0 Å². The van der Waals surface area contributed by atoms with Gasteiger partial charge in [0.2, 0.25) is 0 Å². The quantitative estimate of drug-likeness (QED) is 0.722. The SMILES string of the molecule is O=C1CN(c2ccc(-c3cn[nH]c3)cc2)C(=O)N1CCc1ccccc1. The van der Waals surface area contributed by atoms with Crippen molar-refractivity contribution in [1.82, 2.24) is 15.1 Å². The molecule has 1 aliphatic rings. The Morgan fingerprint density at radius 2 is 1.73 bits per heavy atom. The fraction of sp³-hybridized carbons (Fsp3) is 0.150. The molecule has 0 saturated carbocycles. The van der Waals surface area contributed by atoms with E-state index in [2.05, 4.69) is 10.2 Å². The van der Waals surface area contributed by atoms with E-state index in [1.54, 1.807) is 6.20 Å². The topological polar surface area (TPSA) is 69.3 Å². The number of benzene rings is 2. The summed E-state index contributed by atoms with van der Waals surface area (Å²) in [5.74, 6) is -0.162. The number of hydrogen-bond acceptors (Lipinski definition) is 3. The number of urea groups is 1. The number of amides is 3. The molecule has 3 aromatic rings. The number of aromatic amines is 1. The van der Waals surface area contributed by atoms with E-state index in [-0.39, 0.29) is 18.5 Å². The van der Waals surface area contributed by atoms with Gasteiger partial charge >= 0.3 is 6.03 Å². The lowest BCUT2D eigenvalue weighted by atomic mass is 10.1. The van der Waals surface area contributed by atoms with Gasteiger partial charge in [0.1, 0.15) is 6.54 Å². The highest BCUT2D eigenvalue weighted by Gasteiger charge is 2.36. The van der Waals surface area contributed by atoms with E-state index in [1.807, 2.05) is 60.8 Å². The Labute approximate surface area is 151 Å². The number of nitrogens with one attached hydrogen (secondary N) is 1. The summed E-state index contributed by atoms with van der Waals surface area (Å²) in [6.07, 6.45) is 4.21. The molecule has 6 nitrogen and oxygen atoms in total. The first-order valence-corrected chi connectivity index (χ1v) is 8.47. The third kappa shape index (κ3) is 3.09. The summed E-state index contributed by atoms with van der Waals surface area (Å²) in [4.78, 5) is 27.8. The summed E-state index contributed by atoms with van der Waals surface area (Å²) >= 11 is 0. The maximum absolute atomic E-state index is 12.7. The van der Waals surface area contributed by atoms with E-state index in [9.17, 15) is 9.59 Å². The molecule has 4 rings (SSSR count). The Morgan fingerprint density at radius 1 is 0.962 bits per heavy atom. The van der Waals surface area contributed by atoms with E-state index < -0.39 is 0 Å². The van der Waals surface area contributed by atoms with Crippen LogP contribution in [-0.2, 0) is 11.2 Å². The van der Waals surface area contributed by atoms with Crippen LogP contribution >= 0.6 is 0 Å². The van der Waals surface area contributed by atoms with Crippen molar-refractivity contribution in [2.24, 2.45) is 0 Å². The molecule has 0 spiro atoms. The van der Waals surface area contributed by atoms with Crippen molar-refractivity contribution in [2.45, 2.75) is 6.42 Å². The molecule has 0 atom stereocenters. The second-order valence-corrected chi connectivity index (χ2v) is 6.18. The van der Waals surface area contributed by atoms with Crippen LogP contribution in [0.1, 0.15) is 5.56 Å². The van der Waals surface area contributed by atoms with Gasteiger partial charge in [-0.15, -0.1) is 0 Å². The fourth-order valence-electron chi connectivity index (χ4n) is 3.09. The first-order valence-electron chi connectivity index (χ1n) is 8.47. The molecule has 6 heteroatoms. The predicted octanol–water partition coefficient (Wildman–Crippen LogP) is 3.09. The van der Waals surface area contributed by atoms with Gasteiger partial charge in [-0.25, -0.2) is 4.79 Å². The zero-order chi connectivity index (χ0) is 17.9. The molecule has 1 fully saturated rings. The second-order valence-electron chi connectivity index (χ2n) is 6.18. The van der Waals surface area contributed by atoms with Crippen LogP contribution in [0.25, 0.3) is 11.1 Å². The van der Waals surface area contributed by atoms with E-state index in [4.69, 9.17) is 0 Å². The fourth-order valence-corrected chi connectivity index (χ4v) is 3.09. The van der Waals surface area contributed by atoms with Crippen LogP contribution < -0.4 is 4.90 Å². The van der Waals surface area contributed by atoms with E-state index in [0.29, 0.717) is 13.0 Å². The standard InChI is InChI=1S/C20H18N4O2/c25-19-14-24(18-8-6-16(7-9-18)17-12-21-22-13-17)20(26)23(19)11-10-15-4-2-1-3-5-15/h1-9,12-13H,10-11,14H2,(H,21,22). The number of imide groups is 1. The summed E-state index contributed by atoms with van der Waals surface area (Å²) in [5.41, 5.74) is 3.81. The molecule has 0 unspecified atom stereocenters. The van der Waals surface area contributed by atoms with Crippen molar-refractivity contribution in [2.75, 3.05) is 18.0 Å². The Bertz CT molecular complexity index is 905. The molecule has 3 amide bonds. The lowest BCUT2D eigenvalue weighted by Gasteiger charge is -2.17. The number of H-pyrrole nitrogens is 1. The smallest absolute Gasteiger partial charge is 0.285 e. The highest BCUT2D eigenvalue weighted by molar-refractivity contribution is 6.12. The molecule has 1 saturated heterocycles. The zero-order valence-electron chi connectivity index (χ0n) is 14.1. The normalized spacial score (nSPS) is 14.3. The minimum atomic E-state index is -0.262. The maximum Gasteiger partial charge on any atom is 0.331 e. The number of carbonyl (C=O) groups is 2. The van der Waals surface area contributed by atoms with Crippen molar-refractivity contribution >= 4 is 17.6 Å². The van der Waals surface area contributed by atoms with Crippen LogP contribution in [0.15, 0.2) is 67.0 Å².